The molecule has 9 heteroatoms. The lowest BCUT2D eigenvalue weighted by Crippen LogP contribution is -2.36. The Bertz CT molecular complexity index is 1400. The fraction of sp³-hybridized carbons (Fsp3) is 0.296. The number of aromatic nitrogens is 4. The molecular weight excluding hydrogens is 454 g/mol. The van der Waals surface area contributed by atoms with Gasteiger partial charge in [-0.3, -0.25) is 4.98 Å². The molecule has 0 bridgehead atoms. The second kappa shape index (κ2) is 9.85. The molecule has 0 amide bonds. The Morgan fingerprint density at radius 2 is 1.89 bits per heavy atom. The number of nitrogens with zero attached hydrogens (tertiary/aromatic N) is 5. The Hall–Kier alpha value is -4.13. The standard InChI is InChI=1S/C27H27N7O2/c1-27(2,16-28)24-9-20(7-8-31-24)22-13-32-26(29)25(33-22)23-10-21(34-36-23)19-5-3-17(4-6-19)11-30-12-18-14-35-15-18/h3-10,13,18,30H,11-12,14-15H2,1-2H3,(H2,29,32). The van der Waals surface area contributed by atoms with Crippen molar-refractivity contribution in [2.75, 3.05) is 25.5 Å². The number of nitrogens with two attached hydrogens (primary N) is 1. The number of anilines is 1. The lowest BCUT2D eigenvalue weighted by molar-refractivity contribution is -0.0307. The SMILES string of the molecule is CC(C)(C#N)c1cc(-c2cnc(N)c(-c3cc(-c4ccc(CNCC5COC5)cc4)no3)n2)ccn1. The molecule has 0 unspecified atom stereocenters. The predicted octanol–water partition coefficient (Wildman–Crippen LogP) is 3.98. The quantitative estimate of drug-likeness (QED) is 0.383. The van der Waals surface area contributed by atoms with Gasteiger partial charge >= 0.3 is 0 Å². The highest BCUT2D eigenvalue weighted by atomic mass is 16.5. The summed E-state index contributed by atoms with van der Waals surface area (Å²) in [6, 6.07) is 15.9. The molecule has 182 valence electrons. The van der Waals surface area contributed by atoms with Gasteiger partial charge in [0.2, 0.25) is 0 Å². The number of hydrogen-bond acceptors (Lipinski definition) is 9. The number of pyridine rings is 1. The number of ether oxygens (including phenoxy) is 1. The molecule has 0 aliphatic carbocycles. The molecule has 0 radical (unpaired) electrons. The lowest BCUT2D eigenvalue weighted by Gasteiger charge is -2.26. The third-order valence-corrected chi connectivity index (χ3v) is 6.24. The summed E-state index contributed by atoms with van der Waals surface area (Å²) in [5.41, 5.74) is 10.7. The summed E-state index contributed by atoms with van der Waals surface area (Å²) in [5, 5.41) is 17.1. The summed E-state index contributed by atoms with van der Waals surface area (Å²) in [6.45, 7) is 7.11. The molecule has 1 aliphatic heterocycles. The van der Waals surface area contributed by atoms with Crippen molar-refractivity contribution in [1.29, 1.82) is 5.26 Å². The van der Waals surface area contributed by atoms with Crippen molar-refractivity contribution >= 4 is 5.82 Å². The monoisotopic (exact) mass is 481 g/mol. The van der Waals surface area contributed by atoms with Crippen LogP contribution in [0.5, 0.6) is 0 Å². The smallest absolute Gasteiger partial charge is 0.189 e. The van der Waals surface area contributed by atoms with Crippen molar-refractivity contribution in [3.63, 3.8) is 0 Å². The van der Waals surface area contributed by atoms with Crippen LogP contribution in [-0.4, -0.2) is 39.9 Å². The Morgan fingerprint density at radius 3 is 2.61 bits per heavy atom. The van der Waals surface area contributed by atoms with Crippen molar-refractivity contribution in [1.82, 2.24) is 25.4 Å². The van der Waals surface area contributed by atoms with Crippen LogP contribution in [0, 0.1) is 17.2 Å². The van der Waals surface area contributed by atoms with Crippen LogP contribution in [0.4, 0.5) is 5.82 Å². The second-order valence-corrected chi connectivity index (χ2v) is 9.46. The van der Waals surface area contributed by atoms with Crippen LogP contribution in [0.2, 0.25) is 0 Å². The van der Waals surface area contributed by atoms with Crippen LogP contribution in [0.1, 0.15) is 25.1 Å². The first-order valence-electron chi connectivity index (χ1n) is 11.8. The maximum atomic E-state index is 9.46. The molecule has 4 heterocycles. The average Bonchev–Trinajstić information content (AvgIpc) is 3.36. The maximum Gasteiger partial charge on any atom is 0.189 e. The number of nitriles is 1. The van der Waals surface area contributed by atoms with Gasteiger partial charge in [0.25, 0.3) is 0 Å². The van der Waals surface area contributed by atoms with E-state index in [1.807, 2.05) is 44.2 Å². The van der Waals surface area contributed by atoms with Crippen molar-refractivity contribution in [3.05, 3.63) is 66.1 Å². The maximum absolute atomic E-state index is 9.46. The van der Waals surface area contributed by atoms with Crippen molar-refractivity contribution in [3.8, 4) is 40.0 Å². The molecule has 1 aliphatic rings. The Kier molecular flexibility index (Phi) is 6.46. The van der Waals surface area contributed by atoms with E-state index in [-0.39, 0.29) is 5.82 Å². The zero-order valence-corrected chi connectivity index (χ0v) is 20.2. The van der Waals surface area contributed by atoms with E-state index in [1.165, 1.54) is 5.56 Å². The number of rotatable bonds is 8. The van der Waals surface area contributed by atoms with E-state index in [1.54, 1.807) is 12.4 Å². The molecule has 3 aromatic heterocycles. The van der Waals surface area contributed by atoms with Crippen molar-refractivity contribution in [2.24, 2.45) is 5.92 Å². The van der Waals surface area contributed by atoms with Gasteiger partial charge in [-0.15, -0.1) is 0 Å². The van der Waals surface area contributed by atoms with Crippen molar-refractivity contribution in [2.45, 2.75) is 25.8 Å². The average molecular weight is 482 g/mol. The molecule has 3 N–H and O–H groups in total. The van der Waals surface area contributed by atoms with Gasteiger partial charge in [-0.25, -0.2) is 9.97 Å². The highest BCUT2D eigenvalue weighted by Crippen LogP contribution is 2.31. The number of benzene rings is 1. The molecule has 0 saturated carbocycles. The molecule has 0 atom stereocenters. The molecule has 1 aromatic carbocycles. The summed E-state index contributed by atoms with van der Waals surface area (Å²) in [7, 11) is 0. The number of nitrogens with one attached hydrogen (secondary N) is 1. The Labute approximate surface area is 209 Å². The zero-order valence-electron chi connectivity index (χ0n) is 20.2. The lowest BCUT2D eigenvalue weighted by atomic mass is 9.90. The first-order chi connectivity index (χ1) is 17.4. The highest BCUT2D eigenvalue weighted by Gasteiger charge is 2.22. The van der Waals surface area contributed by atoms with Gasteiger partial charge in [-0.1, -0.05) is 29.4 Å². The molecule has 4 aromatic rings. The van der Waals surface area contributed by atoms with Crippen LogP contribution >= 0.6 is 0 Å². The third-order valence-electron chi connectivity index (χ3n) is 6.24. The minimum atomic E-state index is -0.725. The minimum Gasteiger partial charge on any atom is -0.382 e. The van der Waals surface area contributed by atoms with E-state index in [0.29, 0.717) is 34.5 Å². The van der Waals surface area contributed by atoms with E-state index in [4.69, 9.17) is 20.0 Å². The Balaban J connectivity index is 1.34. The van der Waals surface area contributed by atoms with Gasteiger partial charge in [0.1, 0.15) is 5.69 Å². The summed E-state index contributed by atoms with van der Waals surface area (Å²) < 4.78 is 10.8. The first kappa shape index (κ1) is 23.6. The largest absolute Gasteiger partial charge is 0.382 e. The summed E-state index contributed by atoms with van der Waals surface area (Å²) in [6.07, 6.45) is 3.26. The zero-order chi connectivity index (χ0) is 25.1. The van der Waals surface area contributed by atoms with Crippen LogP contribution in [0.3, 0.4) is 0 Å². The first-order valence-corrected chi connectivity index (χ1v) is 11.8. The van der Waals surface area contributed by atoms with Gasteiger partial charge < -0.3 is 20.3 Å². The van der Waals surface area contributed by atoms with Crippen LogP contribution in [0.25, 0.3) is 34.0 Å². The van der Waals surface area contributed by atoms with Gasteiger partial charge in [0.15, 0.2) is 17.3 Å². The molecule has 9 nitrogen and oxygen atoms in total. The summed E-state index contributed by atoms with van der Waals surface area (Å²) in [5.74, 6) is 1.29. The van der Waals surface area contributed by atoms with E-state index in [2.05, 4.69) is 38.6 Å². The van der Waals surface area contributed by atoms with Crippen LogP contribution in [0.15, 0.2) is 59.4 Å². The van der Waals surface area contributed by atoms with Gasteiger partial charge in [0.05, 0.1) is 42.3 Å². The van der Waals surface area contributed by atoms with Crippen LogP contribution < -0.4 is 11.1 Å². The third kappa shape index (κ3) is 4.96. The normalized spacial score (nSPS) is 13.8. The summed E-state index contributed by atoms with van der Waals surface area (Å²) >= 11 is 0. The van der Waals surface area contributed by atoms with Gasteiger partial charge in [-0.2, -0.15) is 5.26 Å². The van der Waals surface area contributed by atoms with E-state index < -0.39 is 5.41 Å². The van der Waals surface area contributed by atoms with Crippen LogP contribution in [-0.2, 0) is 16.7 Å². The molecule has 36 heavy (non-hydrogen) atoms. The predicted molar refractivity (Wildman–Crippen MR) is 135 cm³/mol. The second-order valence-electron chi connectivity index (χ2n) is 9.46. The molecule has 1 saturated heterocycles. The molecular formula is C27H27N7O2. The van der Waals surface area contributed by atoms with Gasteiger partial charge in [0, 0.05) is 42.4 Å². The van der Waals surface area contributed by atoms with E-state index in [0.717, 1.165) is 37.4 Å². The van der Waals surface area contributed by atoms with Crippen molar-refractivity contribution < 1.29 is 9.26 Å². The fourth-order valence-electron chi connectivity index (χ4n) is 3.85. The number of hydrogen-bond donors (Lipinski definition) is 2. The Morgan fingerprint density at radius 1 is 1.08 bits per heavy atom. The molecule has 5 rings (SSSR count). The molecule has 1 fully saturated rings. The number of nitrogen functional groups attached to an aromatic ring is 1. The fourth-order valence-corrected chi connectivity index (χ4v) is 3.85. The minimum absolute atomic E-state index is 0.242. The summed E-state index contributed by atoms with van der Waals surface area (Å²) in [4.78, 5) is 13.4. The highest BCUT2D eigenvalue weighted by molar-refractivity contribution is 5.73. The topological polar surface area (TPSA) is 136 Å². The molecule has 0 spiro atoms. The van der Waals surface area contributed by atoms with E-state index >= 15 is 0 Å². The van der Waals surface area contributed by atoms with E-state index in [9.17, 15) is 5.26 Å². The van der Waals surface area contributed by atoms with Gasteiger partial charge in [-0.05, 0) is 31.5 Å².